The van der Waals surface area contributed by atoms with Crippen LogP contribution in [0.2, 0.25) is 0 Å². The van der Waals surface area contributed by atoms with Crippen LogP contribution in [0.5, 0.6) is 11.5 Å². The molecule has 0 spiro atoms. The van der Waals surface area contributed by atoms with Crippen molar-refractivity contribution in [2.75, 3.05) is 32.2 Å². The fourth-order valence-electron chi connectivity index (χ4n) is 3.08. The molecular formula is C25H24F3NO4. The van der Waals surface area contributed by atoms with Gasteiger partial charge < -0.3 is 19.5 Å². The quantitative estimate of drug-likeness (QED) is 0.389. The van der Waals surface area contributed by atoms with E-state index in [1.807, 2.05) is 48.5 Å². The van der Waals surface area contributed by atoms with Gasteiger partial charge in [-0.2, -0.15) is 13.2 Å². The fourth-order valence-corrected chi connectivity index (χ4v) is 3.08. The number of hydrogen-bond donors (Lipinski definition) is 1. The lowest BCUT2D eigenvalue weighted by atomic mass is 10.1. The Morgan fingerprint density at radius 3 is 2.27 bits per heavy atom. The number of benzene rings is 3. The predicted molar refractivity (Wildman–Crippen MR) is 119 cm³/mol. The summed E-state index contributed by atoms with van der Waals surface area (Å²) < 4.78 is 55.5. The third-order valence-corrected chi connectivity index (χ3v) is 4.68. The molecule has 0 unspecified atom stereocenters. The topological polar surface area (TPSA) is 56.8 Å². The Kier molecular flexibility index (Phi) is 8.32. The van der Waals surface area contributed by atoms with Gasteiger partial charge in [0.15, 0.2) is 0 Å². The van der Waals surface area contributed by atoms with Crippen LogP contribution in [0.15, 0.2) is 72.8 Å². The summed E-state index contributed by atoms with van der Waals surface area (Å²) in [6.45, 7) is 0.432. The number of methoxy groups -OCH3 is 1. The van der Waals surface area contributed by atoms with Crippen LogP contribution in [-0.2, 0) is 15.7 Å². The van der Waals surface area contributed by atoms with Crippen LogP contribution in [-0.4, -0.2) is 32.8 Å². The Balaban J connectivity index is 1.65. The molecule has 0 heterocycles. The molecule has 174 valence electrons. The van der Waals surface area contributed by atoms with Crippen molar-refractivity contribution >= 4 is 11.6 Å². The number of ether oxygens (including phenoxy) is 3. The highest BCUT2D eigenvalue weighted by molar-refractivity contribution is 5.92. The van der Waals surface area contributed by atoms with Crippen molar-refractivity contribution in [3.05, 3.63) is 78.4 Å². The van der Waals surface area contributed by atoms with Gasteiger partial charge in [0.05, 0.1) is 30.9 Å². The maximum Gasteiger partial charge on any atom is 0.416 e. The Morgan fingerprint density at radius 1 is 0.848 bits per heavy atom. The number of para-hydroxylation sites is 1. The molecule has 8 heteroatoms. The van der Waals surface area contributed by atoms with Crippen LogP contribution in [0.25, 0.3) is 11.1 Å². The minimum Gasteiger partial charge on any atom is -0.492 e. The third kappa shape index (κ3) is 6.98. The smallest absolute Gasteiger partial charge is 0.416 e. The lowest BCUT2D eigenvalue weighted by Crippen LogP contribution is -2.17. The second-order valence-electron chi connectivity index (χ2n) is 7.06. The molecule has 0 saturated carbocycles. The highest BCUT2D eigenvalue weighted by Crippen LogP contribution is 2.35. The highest BCUT2D eigenvalue weighted by Gasteiger charge is 2.31. The van der Waals surface area contributed by atoms with Crippen LogP contribution >= 0.6 is 0 Å². The van der Waals surface area contributed by atoms with E-state index in [9.17, 15) is 18.0 Å². The number of alkyl halides is 3. The first-order valence-corrected chi connectivity index (χ1v) is 10.3. The van der Waals surface area contributed by atoms with E-state index in [4.69, 9.17) is 14.2 Å². The van der Waals surface area contributed by atoms with Gasteiger partial charge >= 0.3 is 6.18 Å². The molecule has 33 heavy (non-hydrogen) atoms. The van der Waals surface area contributed by atoms with Gasteiger partial charge in [0.2, 0.25) is 5.91 Å². The largest absolute Gasteiger partial charge is 0.492 e. The van der Waals surface area contributed by atoms with Crippen molar-refractivity contribution in [2.45, 2.75) is 12.6 Å². The van der Waals surface area contributed by atoms with Crippen LogP contribution in [0.4, 0.5) is 18.9 Å². The standard InChI is InChI=1S/C25H24F3NO4/c1-31-15-16-33-23-12-11-19(25(26,27)28)17-21(23)29-24(30)13-14-32-22-10-6-5-9-20(22)18-7-3-2-4-8-18/h2-12,17H,13-16H2,1H3,(H,29,30). The summed E-state index contributed by atoms with van der Waals surface area (Å²) in [5, 5.41) is 2.50. The Morgan fingerprint density at radius 2 is 1.55 bits per heavy atom. The predicted octanol–water partition coefficient (Wildman–Crippen LogP) is 5.81. The second kappa shape index (κ2) is 11.4. The van der Waals surface area contributed by atoms with Gasteiger partial charge in [-0.15, -0.1) is 0 Å². The van der Waals surface area contributed by atoms with E-state index in [2.05, 4.69) is 5.32 Å². The van der Waals surface area contributed by atoms with Crippen LogP contribution in [0, 0.1) is 0 Å². The first kappa shape index (κ1) is 24.1. The zero-order chi connectivity index (χ0) is 23.7. The van der Waals surface area contributed by atoms with E-state index in [0.717, 1.165) is 23.3 Å². The number of carbonyl (C=O) groups excluding carboxylic acids is 1. The Labute approximate surface area is 190 Å². The molecule has 1 amide bonds. The van der Waals surface area contributed by atoms with Gasteiger partial charge in [-0.25, -0.2) is 0 Å². The SMILES string of the molecule is COCCOc1ccc(C(F)(F)F)cc1NC(=O)CCOc1ccccc1-c1ccccc1. The highest BCUT2D eigenvalue weighted by atomic mass is 19.4. The van der Waals surface area contributed by atoms with Gasteiger partial charge in [-0.3, -0.25) is 4.79 Å². The molecule has 3 aromatic rings. The van der Waals surface area contributed by atoms with E-state index in [-0.39, 0.29) is 37.7 Å². The summed E-state index contributed by atoms with van der Waals surface area (Å²) in [4.78, 5) is 12.4. The summed E-state index contributed by atoms with van der Waals surface area (Å²) in [5.74, 6) is 0.242. The van der Waals surface area contributed by atoms with Crippen molar-refractivity contribution in [3.63, 3.8) is 0 Å². The summed E-state index contributed by atoms with van der Waals surface area (Å²) in [6.07, 6.45) is -4.61. The zero-order valence-electron chi connectivity index (χ0n) is 18.0. The van der Waals surface area contributed by atoms with Crippen molar-refractivity contribution in [1.29, 1.82) is 0 Å². The molecule has 0 aliphatic heterocycles. The monoisotopic (exact) mass is 459 g/mol. The number of rotatable bonds is 10. The summed E-state index contributed by atoms with van der Waals surface area (Å²) in [7, 11) is 1.48. The number of carbonyl (C=O) groups is 1. The maximum atomic E-state index is 13.1. The average Bonchev–Trinajstić information content (AvgIpc) is 2.80. The van der Waals surface area contributed by atoms with E-state index >= 15 is 0 Å². The van der Waals surface area contributed by atoms with Gasteiger partial charge in [-0.1, -0.05) is 48.5 Å². The zero-order valence-corrected chi connectivity index (χ0v) is 18.0. The van der Waals surface area contributed by atoms with E-state index in [0.29, 0.717) is 5.75 Å². The third-order valence-electron chi connectivity index (χ3n) is 4.68. The minimum atomic E-state index is -4.55. The van der Waals surface area contributed by atoms with Gasteiger partial charge in [0, 0.05) is 12.7 Å². The van der Waals surface area contributed by atoms with E-state index in [1.54, 1.807) is 6.07 Å². The molecule has 3 aromatic carbocycles. The normalized spacial score (nSPS) is 11.2. The van der Waals surface area contributed by atoms with E-state index in [1.165, 1.54) is 13.2 Å². The number of amides is 1. The van der Waals surface area contributed by atoms with E-state index < -0.39 is 17.6 Å². The molecule has 0 atom stereocenters. The summed E-state index contributed by atoms with van der Waals surface area (Å²) in [5.41, 5.74) is 0.908. The number of halogens is 3. The molecule has 0 aliphatic rings. The second-order valence-corrected chi connectivity index (χ2v) is 7.06. The molecule has 0 aromatic heterocycles. The Hall–Kier alpha value is -3.52. The first-order valence-electron chi connectivity index (χ1n) is 10.3. The van der Waals surface area contributed by atoms with Crippen LogP contribution in [0.1, 0.15) is 12.0 Å². The van der Waals surface area contributed by atoms with Crippen molar-refractivity contribution in [1.82, 2.24) is 0 Å². The molecule has 5 nitrogen and oxygen atoms in total. The number of nitrogens with one attached hydrogen (secondary N) is 1. The summed E-state index contributed by atoms with van der Waals surface area (Å²) >= 11 is 0. The van der Waals surface area contributed by atoms with Crippen LogP contribution in [0.3, 0.4) is 0 Å². The van der Waals surface area contributed by atoms with Crippen molar-refractivity contribution in [2.24, 2.45) is 0 Å². The molecule has 0 bridgehead atoms. The molecule has 0 saturated heterocycles. The minimum absolute atomic E-state index is 0.0501. The molecule has 0 aliphatic carbocycles. The molecule has 0 fully saturated rings. The fraction of sp³-hybridized carbons (Fsp3) is 0.240. The van der Waals surface area contributed by atoms with Crippen molar-refractivity contribution in [3.8, 4) is 22.6 Å². The molecule has 3 rings (SSSR count). The Bertz CT molecular complexity index is 1060. The molecular weight excluding hydrogens is 435 g/mol. The maximum absolute atomic E-state index is 13.1. The molecule has 0 radical (unpaired) electrons. The van der Waals surface area contributed by atoms with Crippen LogP contribution < -0.4 is 14.8 Å². The average molecular weight is 459 g/mol. The first-order chi connectivity index (χ1) is 15.9. The van der Waals surface area contributed by atoms with Crippen molar-refractivity contribution < 1.29 is 32.2 Å². The number of hydrogen-bond acceptors (Lipinski definition) is 4. The van der Waals surface area contributed by atoms with Gasteiger partial charge in [0.1, 0.15) is 18.1 Å². The summed E-state index contributed by atoms with van der Waals surface area (Å²) in [6, 6.07) is 20.0. The van der Waals surface area contributed by atoms with Gasteiger partial charge in [0.25, 0.3) is 0 Å². The number of anilines is 1. The van der Waals surface area contributed by atoms with Gasteiger partial charge in [-0.05, 0) is 29.8 Å². The lowest BCUT2D eigenvalue weighted by Gasteiger charge is -2.16. The molecule has 1 N–H and O–H groups in total. The lowest BCUT2D eigenvalue weighted by molar-refractivity contribution is -0.137.